The van der Waals surface area contributed by atoms with Crippen LogP contribution in [-0.2, 0) is 23.8 Å². The molecule has 0 bridgehead atoms. The van der Waals surface area contributed by atoms with Gasteiger partial charge in [0.25, 0.3) is 10.2 Å². The molecule has 1 N–H and O–H groups in total. The van der Waals surface area contributed by atoms with Gasteiger partial charge in [0.15, 0.2) is 0 Å². The predicted molar refractivity (Wildman–Crippen MR) is 91.5 cm³/mol. The minimum Gasteiger partial charge on any atom is -0.196 e. The van der Waals surface area contributed by atoms with Crippen molar-refractivity contribution in [2.24, 2.45) is 7.05 Å². The van der Waals surface area contributed by atoms with Crippen LogP contribution in [0, 0.1) is 6.92 Å². The quantitative estimate of drug-likeness (QED) is 0.883. The zero-order chi connectivity index (χ0) is 17.2. The first-order chi connectivity index (χ1) is 11.5. The summed E-state index contributed by atoms with van der Waals surface area (Å²) in [5.41, 5.74) is 2.68. The van der Waals surface area contributed by atoms with Crippen LogP contribution in [0.1, 0.15) is 35.7 Å². The summed E-state index contributed by atoms with van der Waals surface area (Å²) < 4.78 is 29.1. The van der Waals surface area contributed by atoms with E-state index in [0.717, 1.165) is 18.5 Å². The average molecular weight is 349 g/mol. The fraction of sp³-hybridized carbons (Fsp3) is 0.500. The van der Waals surface area contributed by atoms with Crippen LogP contribution < -0.4 is 4.72 Å². The second-order valence-corrected chi connectivity index (χ2v) is 7.89. The zero-order valence-corrected chi connectivity index (χ0v) is 14.8. The topological polar surface area (TPSA) is 80.1 Å². The van der Waals surface area contributed by atoms with Crippen molar-refractivity contribution in [1.82, 2.24) is 24.0 Å². The number of rotatable bonds is 5. The van der Waals surface area contributed by atoms with Gasteiger partial charge >= 0.3 is 0 Å². The molecular weight excluding hydrogens is 326 g/mol. The van der Waals surface area contributed by atoms with Gasteiger partial charge in [-0.05, 0) is 31.2 Å². The second-order valence-electron chi connectivity index (χ2n) is 6.13. The molecule has 1 aliphatic heterocycles. The molecule has 130 valence electrons. The van der Waals surface area contributed by atoms with E-state index in [1.807, 2.05) is 25.1 Å². The Balaban J connectivity index is 1.57. The first kappa shape index (κ1) is 17.1. The predicted octanol–water partition coefficient (Wildman–Crippen LogP) is 1.34. The fourth-order valence-corrected chi connectivity index (χ4v) is 4.31. The van der Waals surface area contributed by atoms with Crippen LogP contribution in [0.3, 0.4) is 0 Å². The van der Waals surface area contributed by atoms with Crippen LogP contribution in [0.25, 0.3) is 0 Å². The number of nitrogens with zero attached hydrogens (tertiary/aromatic N) is 4. The van der Waals surface area contributed by atoms with E-state index in [9.17, 15) is 8.42 Å². The van der Waals surface area contributed by atoms with Crippen LogP contribution in [0.15, 0.2) is 30.3 Å². The van der Waals surface area contributed by atoms with Gasteiger partial charge in [-0.15, -0.1) is 0 Å². The molecule has 24 heavy (non-hydrogen) atoms. The van der Waals surface area contributed by atoms with E-state index in [4.69, 9.17) is 0 Å². The van der Waals surface area contributed by atoms with Gasteiger partial charge in [-0.3, -0.25) is 0 Å². The number of nitrogens with one attached hydrogen (secondary N) is 1. The Bertz CT molecular complexity index is 780. The molecule has 7 nitrogen and oxygen atoms in total. The van der Waals surface area contributed by atoms with Gasteiger partial charge in [-0.1, -0.05) is 30.3 Å². The summed E-state index contributed by atoms with van der Waals surface area (Å²) in [7, 11) is -1.77. The molecular formula is C16H23N5O2S. The molecule has 0 atom stereocenters. The largest absolute Gasteiger partial charge is 0.279 e. The van der Waals surface area contributed by atoms with Crippen molar-refractivity contribution < 1.29 is 8.42 Å². The Kier molecular flexibility index (Phi) is 4.98. The van der Waals surface area contributed by atoms with Gasteiger partial charge in [-0.2, -0.15) is 32.4 Å². The molecule has 1 aromatic heterocycles. The summed E-state index contributed by atoms with van der Waals surface area (Å²) in [6.07, 6.45) is 1.68. The highest BCUT2D eigenvalue weighted by Gasteiger charge is 2.28. The molecule has 1 aromatic carbocycles. The van der Waals surface area contributed by atoms with Gasteiger partial charge in [0, 0.05) is 20.1 Å². The number of hydrogen-bond acceptors (Lipinski definition) is 4. The molecule has 0 radical (unpaired) electrons. The van der Waals surface area contributed by atoms with Crippen LogP contribution in [0.5, 0.6) is 0 Å². The fourth-order valence-electron chi connectivity index (χ4n) is 3.11. The Morgan fingerprint density at radius 2 is 1.83 bits per heavy atom. The lowest BCUT2D eigenvalue weighted by Crippen LogP contribution is -2.44. The van der Waals surface area contributed by atoms with E-state index in [1.54, 1.807) is 7.05 Å². The lowest BCUT2D eigenvalue weighted by molar-refractivity contribution is 0.315. The third-order valence-electron chi connectivity index (χ3n) is 4.46. The molecule has 0 unspecified atom stereocenters. The molecule has 2 heterocycles. The highest BCUT2D eigenvalue weighted by Crippen LogP contribution is 2.28. The number of hydrogen-bond donors (Lipinski definition) is 1. The van der Waals surface area contributed by atoms with Gasteiger partial charge in [0.2, 0.25) is 0 Å². The van der Waals surface area contributed by atoms with Crippen molar-refractivity contribution in [3.05, 3.63) is 47.3 Å². The van der Waals surface area contributed by atoms with Gasteiger partial charge in [-0.25, -0.2) is 0 Å². The van der Waals surface area contributed by atoms with Gasteiger partial charge in [0.05, 0.1) is 12.2 Å². The molecule has 0 aliphatic carbocycles. The first-order valence-corrected chi connectivity index (χ1v) is 9.56. The van der Waals surface area contributed by atoms with Crippen molar-refractivity contribution in [2.45, 2.75) is 32.2 Å². The van der Waals surface area contributed by atoms with Crippen molar-refractivity contribution in [2.75, 3.05) is 13.1 Å². The SMILES string of the molecule is Cc1nn(C)nc1CNS(=O)(=O)N1CCC(c2ccccc2)CC1. The van der Waals surface area contributed by atoms with Crippen LogP contribution in [0.4, 0.5) is 0 Å². The summed E-state index contributed by atoms with van der Waals surface area (Å²) >= 11 is 0. The van der Waals surface area contributed by atoms with Crippen LogP contribution in [-0.4, -0.2) is 40.8 Å². The first-order valence-electron chi connectivity index (χ1n) is 8.12. The van der Waals surface area contributed by atoms with E-state index in [0.29, 0.717) is 24.7 Å². The minimum absolute atomic E-state index is 0.167. The Morgan fingerprint density at radius 3 is 2.42 bits per heavy atom. The molecule has 1 saturated heterocycles. The Hall–Kier alpha value is -1.77. The number of benzene rings is 1. The van der Waals surface area contributed by atoms with Crippen molar-refractivity contribution in [3.8, 4) is 0 Å². The highest BCUT2D eigenvalue weighted by atomic mass is 32.2. The van der Waals surface area contributed by atoms with Crippen molar-refractivity contribution >= 4 is 10.2 Å². The maximum absolute atomic E-state index is 12.5. The van der Waals surface area contributed by atoms with E-state index in [1.165, 1.54) is 14.7 Å². The molecule has 8 heteroatoms. The average Bonchev–Trinajstić information content (AvgIpc) is 2.92. The zero-order valence-electron chi connectivity index (χ0n) is 14.0. The van der Waals surface area contributed by atoms with Gasteiger partial charge < -0.3 is 0 Å². The third kappa shape index (κ3) is 3.82. The summed E-state index contributed by atoms with van der Waals surface area (Å²) in [4.78, 5) is 1.45. The molecule has 1 fully saturated rings. The van der Waals surface area contributed by atoms with E-state index >= 15 is 0 Å². The maximum Gasteiger partial charge on any atom is 0.279 e. The van der Waals surface area contributed by atoms with Crippen LogP contribution >= 0.6 is 0 Å². The lowest BCUT2D eigenvalue weighted by atomic mass is 9.90. The monoisotopic (exact) mass is 349 g/mol. The molecule has 0 spiro atoms. The molecule has 1 aliphatic rings. The second kappa shape index (κ2) is 7.00. The number of aryl methyl sites for hydroxylation is 2. The van der Waals surface area contributed by atoms with Crippen molar-refractivity contribution in [3.63, 3.8) is 0 Å². The smallest absolute Gasteiger partial charge is 0.196 e. The summed E-state index contributed by atoms with van der Waals surface area (Å²) in [6.45, 7) is 3.06. The van der Waals surface area contributed by atoms with E-state index in [-0.39, 0.29) is 6.54 Å². The van der Waals surface area contributed by atoms with Gasteiger partial charge in [0.1, 0.15) is 5.69 Å². The Morgan fingerprint density at radius 1 is 1.17 bits per heavy atom. The lowest BCUT2D eigenvalue weighted by Gasteiger charge is -2.31. The number of piperidine rings is 1. The number of aromatic nitrogens is 3. The summed E-state index contributed by atoms with van der Waals surface area (Å²) in [5, 5.41) is 8.30. The molecule has 2 aromatic rings. The standard InChI is InChI=1S/C16H23N5O2S/c1-13-16(19-20(2)18-13)12-17-24(22,23)21-10-8-15(9-11-21)14-6-4-3-5-7-14/h3-7,15,17H,8-12H2,1-2H3. The third-order valence-corrected chi connectivity index (χ3v) is 6.02. The molecule has 0 saturated carbocycles. The normalized spacial score (nSPS) is 17.2. The maximum atomic E-state index is 12.5. The summed E-state index contributed by atoms with van der Waals surface area (Å²) in [5.74, 6) is 0.430. The van der Waals surface area contributed by atoms with E-state index < -0.39 is 10.2 Å². The molecule has 3 rings (SSSR count). The summed E-state index contributed by atoms with van der Waals surface area (Å²) in [6, 6.07) is 10.3. The van der Waals surface area contributed by atoms with E-state index in [2.05, 4.69) is 27.1 Å². The molecule has 0 amide bonds. The Labute approximate surface area is 142 Å². The highest BCUT2D eigenvalue weighted by molar-refractivity contribution is 7.87. The van der Waals surface area contributed by atoms with Crippen molar-refractivity contribution in [1.29, 1.82) is 0 Å². The van der Waals surface area contributed by atoms with Crippen LogP contribution in [0.2, 0.25) is 0 Å². The minimum atomic E-state index is -3.49.